The van der Waals surface area contributed by atoms with Gasteiger partial charge in [-0.05, 0) is 49.4 Å². The first kappa shape index (κ1) is 28.1. The first-order valence-electron chi connectivity index (χ1n) is 13.0. The van der Waals surface area contributed by atoms with Crippen molar-refractivity contribution in [2.24, 2.45) is 0 Å². The Morgan fingerprint density at radius 2 is 1.82 bits per heavy atom. The molecule has 39 heavy (non-hydrogen) atoms. The molecule has 4 rings (SSSR count). The van der Waals surface area contributed by atoms with Crippen molar-refractivity contribution in [1.82, 2.24) is 4.98 Å². The van der Waals surface area contributed by atoms with Gasteiger partial charge >= 0.3 is 11.1 Å². The maximum atomic E-state index is 13.7. The number of carbonyl (C=O) groups excluding carboxylic acids is 1. The fourth-order valence-corrected chi connectivity index (χ4v) is 4.44. The minimum atomic E-state index is -1.11. The smallest absolute Gasteiger partial charge is 0.466 e. The average molecular weight is 540 g/mol. The average Bonchev–Trinajstić information content (AvgIpc) is 3.74. The molecule has 0 saturated heterocycles. The van der Waals surface area contributed by atoms with Crippen LogP contribution in [-0.2, 0) is 14.4 Å². The van der Waals surface area contributed by atoms with E-state index in [1.165, 1.54) is 12.1 Å². The van der Waals surface area contributed by atoms with E-state index in [4.69, 9.17) is 14.9 Å². The number of hydrogen-bond acceptors (Lipinski definition) is 7. The number of aromatic nitrogens is 1. The summed E-state index contributed by atoms with van der Waals surface area (Å²) in [4.78, 5) is 31.4. The molecule has 1 aliphatic rings. The summed E-state index contributed by atoms with van der Waals surface area (Å²) in [5, 5.41) is 29.6. The van der Waals surface area contributed by atoms with Crippen molar-refractivity contribution in [1.29, 1.82) is 0 Å². The highest BCUT2D eigenvalue weighted by Crippen LogP contribution is 2.45. The summed E-state index contributed by atoms with van der Waals surface area (Å²) in [7, 11) is 0. The number of benzene rings is 2. The molecule has 9 nitrogen and oxygen atoms in total. The summed E-state index contributed by atoms with van der Waals surface area (Å²) in [6, 6.07) is 14.1. The van der Waals surface area contributed by atoms with Crippen LogP contribution in [0.4, 0.5) is 4.39 Å². The minimum Gasteiger partial charge on any atom is -0.466 e. The molecule has 1 aliphatic carbocycles. The number of ether oxygens (including phenoxy) is 1. The molecule has 1 saturated carbocycles. The van der Waals surface area contributed by atoms with Crippen LogP contribution in [0.2, 0.25) is 0 Å². The van der Waals surface area contributed by atoms with E-state index in [0.29, 0.717) is 18.8 Å². The Bertz CT molecular complexity index is 1330. The van der Waals surface area contributed by atoms with Crippen molar-refractivity contribution < 1.29 is 39.3 Å². The predicted molar refractivity (Wildman–Crippen MR) is 141 cm³/mol. The van der Waals surface area contributed by atoms with Crippen LogP contribution in [-0.4, -0.2) is 56.9 Å². The second kappa shape index (κ2) is 13.3. The third-order valence-electron chi connectivity index (χ3n) is 6.46. The first-order valence-corrected chi connectivity index (χ1v) is 13.0. The zero-order valence-electron chi connectivity index (χ0n) is 21.4. The topological polar surface area (TPSA) is 129 Å². The normalized spacial score (nSPS) is 14.8. The van der Waals surface area contributed by atoms with E-state index in [1.807, 2.05) is 24.3 Å². The van der Waals surface area contributed by atoms with Crippen LogP contribution in [0.15, 0.2) is 54.6 Å². The van der Waals surface area contributed by atoms with Crippen molar-refractivity contribution in [3.63, 3.8) is 0 Å². The molecule has 1 heterocycles. The van der Waals surface area contributed by atoms with Crippen molar-refractivity contribution >= 4 is 22.9 Å². The van der Waals surface area contributed by atoms with Gasteiger partial charge in [0.2, 0.25) is 0 Å². The lowest BCUT2D eigenvalue weighted by Crippen LogP contribution is -2.21. The molecule has 206 valence electrons. The lowest BCUT2D eigenvalue weighted by Gasteiger charge is -2.16. The molecular formula is C29H32FN2O7+. The van der Waals surface area contributed by atoms with E-state index >= 15 is 0 Å². The number of aliphatic hydroxyl groups excluding tert-OH is 2. The Morgan fingerprint density at radius 3 is 2.54 bits per heavy atom. The summed E-state index contributed by atoms with van der Waals surface area (Å²) in [5.41, 5.74) is 4.36. The van der Waals surface area contributed by atoms with Gasteiger partial charge in [-0.15, -0.1) is 0 Å². The second-order valence-corrected chi connectivity index (χ2v) is 9.60. The van der Waals surface area contributed by atoms with Crippen LogP contribution in [0.1, 0.15) is 55.7 Å². The van der Waals surface area contributed by atoms with E-state index in [0.717, 1.165) is 46.1 Å². The van der Waals surface area contributed by atoms with Gasteiger partial charge in [0.05, 0.1) is 36.4 Å². The Hall–Kier alpha value is -3.89. The number of unbranched alkanes of at least 4 members (excludes halogenated alkanes) is 1. The maximum Gasteiger partial charge on any atom is 0.475 e. The summed E-state index contributed by atoms with van der Waals surface area (Å²) in [6.07, 6.45) is 3.74. The monoisotopic (exact) mass is 539 g/mol. The number of rotatable bonds is 14. The molecule has 0 spiro atoms. The molecule has 1 fully saturated rings. The SMILES string of the molecule is O=C(CC(O)CC(O)/C=C/c1c(C2CC2)nc2ccccc2c1-c1ccc(F)cc1)OCCCCO[N+](=O)O. The minimum absolute atomic E-state index is 0.0171. The van der Waals surface area contributed by atoms with Gasteiger partial charge in [-0.1, -0.05) is 42.5 Å². The number of halogens is 1. The Labute approximate surface area is 225 Å². The molecule has 0 radical (unpaired) electrons. The van der Waals surface area contributed by atoms with Crippen molar-refractivity contribution in [2.45, 2.75) is 56.7 Å². The largest absolute Gasteiger partial charge is 0.475 e. The molecule has 3 N–H and O–H groups in total. The van der Waals surface area contributed by atoms with Crippen molar-refractivity contribution in [3.05, 3.63) is 76.6 Å². The van der Waals surface area contributed by atoms with Crippen LogP contribution in [0.25, 0.3) is 28.1 Å². The summed E-state index contributed by atoms with van der Waals surface area (Å²) >= 11 is 0. The number of hydrogen-bond donors (Lipinski definition) is 3. The number of para-hydroxylation sites is 1. The summed E-state index contributed by atoms with van der Waals surface area (Å²) < 4.78 is 18.8. The van der Waals surface area contributed by atoms with Gasteiger partial charge in [-0.2, -0.15) is 4.84 Å². The van der Waals surface area contributed by atoms with E-state index in [-0.39, 0.29) is 31.9 Å². The Kier molecular flexibility index (Phi) is 9.56. The summed E-state index contributed by atoms with van der Waals surface area (Å²) in [5.74, 6) is -0.633. The van der Waals surface area contributed by atoms with E-state index in [1.54, 1.807) is 24.3 Å². The zero-order valence-corrected chi connectivity index (χ0v) is 21.4. The van der Waals surface area contributed by atoms with E-state index in [9.17, 15) is 24.3 Å². The van der Waals surface area contributed by atoms with Crippen molar-refractivity contribution in [2.75, 3.05) is 13.2 Å². The highest BCUT2D eigenvalue weighted by atomic mass is 19.1. The third kappa shape index (κ3) is 8.05. The molecule has 0 aliphatic heterocycles. The van der Waals surface area contributed by atoms with Crippen LogP contribution < -0.4 is 0 Å². The Balaban J connectivity index is 1.44. The van der Waals surface area contributed by atoms with Gasteiger partial charge in [0, 0.05) is 28.9 Å². The molecular weight excluding hydrogens is 507 g/mol. The third-order valence-corrected chi connectivity index (χ3v) is 6.46. The first-order chi connectivity index (χ1) is 18.8. The zero-order chi connectivity index (χ0) is 27.8. The molecule has 2 aromatic carbocycles. The number of carbonyl (C=O) groups is 1. The highest BCUT2D eigenvalue weighted by Gasteiger charge is 2.29. The number of aliphatic hydroxyl groups is 2. The summed E-state index contributed by atoms with van der Waals surface area (Å²) in [6.45, 7) is 0.0590. The maximum absolute atomic E-state index is 13.7. The predicted octanol–water partition coefficient (Wildman–Crippen LogP) is 4.86. The Morgan fingerprint density at radius 1 is 1.10 bits per heavy atom. The van der Waals surface area contributed by atoms with Crippen LogP contribution in [0.5, 0.6) is 0 Å². The number of fused-ring (bicyclic) bond motifs is 1. The molecule has 2 unspecified atom stereocenters. The van der Waals surface area contributed by atoms with Gasteiger partial charge in [0.15, 0.2) is 6.61 Å². The van der Waals surface area contributed by atoms with Crippen LogP contribution >= 0.6 is 0 Å². The standard InChI is InChI=1S/C29H32FN2O7/c30-21-11-9-19(10-12-21)28-24-5-1-2-6-26(24)31-29(20-7-8-20)25(28)14-13-22(33)17-23(34)18-27(35)38-15-3-4-16-39-32(36)37/h1-2,5-6,9-14,20,22-23,33-34H,3-4,7-8,15-18H2,(H,36,37)/q+1/b14-13+. The van der Waals surface area contributed by atoms with Gasteiger partial charge in [-0.3, -0.25) is 9.78 Å². The molecule has 10 heteroatoms. The van der Waals surface area contributed by atoms with Gasteiger partial charge in [0.1, 0.15) is 10.7 Å². The van der Waals surface area contributed by atoms with Gasteiger partial charge in [-0.25, -0.2) is 9.60 Å². The number of nitrogens with zero attached hydrogens (tertiary/aromatic N) is 2. The fourth-order valence-electron chi connectivity index (χ4n) is 4.44. The lowest BCUT2D eigenvalue weighted by atomic mass is 9.92. The number of pyridine rings is 1. The van der Waals surface area contributed by atoms with Gasteiger partial charge < -0.3 is 14.9 Å². The number of esters is 1. The van der Waals surface area contributed by atoms with E-state index < -0.39 is 23.3 Å². The molecule has 2 atom stereocenters. The lowest BCUT2D eigenvalue weighted by molar-refractivity contribution is -0.975. The van der Waals surface area contributed by atoms with Gasteiger partial charge in [0.25, 0.3) is 0 Å². The quantitative estimate of drug-likeness (QED) is 0.151. The van der Waals surface area contributed by atoms with Crippen molar-refractivity contribution in [3.8, 4) is 11.1 Å². The molecule has 0 amide bonds. The van der Waals surface area contributed by atoms with Crippen LogP contribution in [0.3, 0.4) is 0 Å². The molecule has 0 bridgehead atoms. The fraction of sp³-hybridized carbons (Fsp3) is 0.379. The van der Waals surface area contributed by atoms with E-state index in [2.05, 4.69) is 4.84 Å². The highest BCUT2D eigenvalue weighted by molar-refractivity contribution is 5.99. The van der Waals surface area contributed by atoms with Crippen LogP contribution in [0, 0.1) is 10.7 Å². The second-order valence-electron chi connectivity index (χ2n) is 9.60. The molecule has 3 aromatic rings. The molecule has 1 aromatic heterocycles.